The van der Waals surface area contributed by atoms with Crippen molar-refractivity contribution < 1.29 is 13.2 Å². The third kappa shape index (κ3) is 6.95. The molecule has 2 rings (SSSR count). The van der Waals surface area contributed by atoms with Gasteiger partial charge in [-0.15, -0.1) is 11.3 Å². The van der Waals surface area contributed by atoms with E-state index in [1.54, 1.807) is 6.07 Å². The maximum atomic E-state index is 12.2. The first kappa shape index (κ1) is 21.9. The Morgan fingerprint density at radius 1 is 1.48 bits per heavy atom. The van der Waals surface area contributed by atoms with Crippen LogP contribution in [0.1, 0.15) is 26.2 Å². The van der Waals surface area contributed by atoms with Crippen molar-refractivity contribution in [3.63, 3.8) is 0 Å². The number of hydrogen-bond acceptors (Lipinski definition) is 5. The lowest BCUT2D eigenvalue weighted by molar-refractivity contribution is -0.119. The van der Waals surface area contributed by atoms with E-state index in [1.165, 1.54) is 6.07 Å². The van der Waals surface area contributed by atoms with Crippen molar-refractivity contribution in [3.05, 3.63) is 16.5 Å². The highest BCUT2D eigenvalue weighted by Gasteiger charge is 2.23. The zero-order chi connectivity index (χ0) is 19.9. The first-order valence-electron chi connectivity index (χ1n) is 8.88. The van der Waals surface area contributed by atoms with Gasteiger partial charge < -0.3 is 16.0 Å². The number of hydrogen-bond donors (Lipinski definition) is 3. The van der Waals surface area contributed by atoms with E-state index in [0.29, 0.717) is 30.4 Å². The Bertz CT molecular complexity index is 766. The van der Waals surface area contributed by atoms with Gasteiger partial charge in [0.25, 0.3) is 0 Å². The summed E-state index contributed by atoms with van der Waals surface area (Å²) < 4.78 is 27.5. The summed E-state index contributed by atoms with van der Waals surface area (Å²) in [6.45, 7) is 4.73. The second-order valence-electron chi connectivity index (χ2n) is 6.32. The van der Waals surface area contributed by atoms with Gasteiger partial charge in [-0.2, -0.15) is 0 Å². The van der Waals surface area contributed by atoms with Gasteiger partial charge in [-0.25, -0.2) is 13.1 Å². The van der Waals surface area contributed by atoms with Crippen LogP contribution in [0.3, 0.4) is 0 Å². The Balaban J connectivity index is 1.92. The molecule has 0 aliphatic carbocycles. The van der Waals surface area contributed by atoms with E-state index >= 15 is 0 Å². The molecule has 11 heteroatoms. The van der Waals surface area contributed by atoms with Crippen LogP contribution in [-0.2, 0) is 14.8 Å². The average Bonchev–Trinajstić information content (AvgIpc) is 3.05. The number of rotatable bonds is 8. The first-order chi connectivity index (χ1) is 12.8. The largest absolute Gasteiger partial charge is 0.370 e. The third-order valence-electron chi connectivity index (χ3n) is 4.12. The Morgan fingerprint density at radius 3 is 2.89 bits per heavy atom. The van der Waals surface area contributed by atoms with Gasteiger partial charge in [0.2, 0.25) is 15.9 Å². The fourth-order valence-electron chi connectivity index (χ4n) is 2.99. The number of nitrogens with one attached hydrogen (secondary N) is 2. The second kappa shape index (κ2) is 10.3. The Kier molecular flexibility index (Phi) is 8.33. The van der Waals surface area contributed by atoms with Gasteiger partial charge in [-0.1, -0.05) is 11.6 Å². The number of primary amides is 1. The first-order valence-corrected chi connectivity index (χ1v) is 11.6. The molecule has 1 aromatic heterocycles. The molecule has 0 bridgehead atoms. The number of likely N-dealkylation sites (tertiary alicyclic amines) is 1. The van der Waals surface area contributed by atoms with Gasteiger partial charge in [-0.3, -0.25) is 9.79 Å². The van der Waals surface area contributed by atoms with E-state index in [4.69, 9.17) is 17.3 Å². The number of guanidine groups is 1. The van der Waals surface area contributed by atoms with Gasteiger partial charge in [0.1, 0.15) is 4.21 Å². The van der Waals surface area contributed by atoms with Crippen molar-refractivity contribution in [2.75, 3.05) is 32.7 Å². The van der Waals surface area contributed by atoms with Gasteiger partial charge in [0.15, 0.2) is 5.96 Å². The molecule has 0 radical (unpaired) electrons. The summed E-state index contributed by atoms with van der Waals surface area (Å²) in [6, 6.07) is 3.04. The lowest BCUT2D eigenvalue weighted by Crippen LogP contribution is -2.47. The lowest BCUT2D eigenvalue weighted by Gasteiger charge is -2.34. The molecule has 1 unspecified atom stereocenters. The van der Waals surface area contributed by atoms with Crippen LogP contribution < -0.4 is 15.8 Å². The number of carbonyl (C=O) groups excluding carboxylic acids is 1. The van der Waals surface area contributed by atoms with E-state index < -0.39 is 10.0 Å². The monoisotopic (exact) mass is 435 g/mol. The minimum Gasteiger partial charge on any atom is -0.370 e. The molecule has 0 spiro atoms. The number of piperidine rings is 1. The van der Waals surface area contributed by atoms with Crippen molar-refractivity contribution in [1.29, 1.82) is 0 Å². The highest BCUT2D eigenvalue weighted by molar-refractivity contribution is 7.91. The van der Waals surface area contributed by atoms with Gasteiger partial charge in [0, 0.05) is 32.6 Å². The summed E-state index contributed by atoms with van der Waals surface area (Å²) in [7, 11) is -3.57. The summed E-state index contributed by atoms with van der Waals surface area (Å²) in [5, 5.41) is 3.23. The zero-order valence-electron chi connectivity index (χ0n) is 15.3. The van der Waals surface area contributed by atoms with Crippen LogP contribution in [0.2, 0.25) is 4.34 Å². The molecule has 1 amide bonds. The van der Waals surface area contributed by atoms with Crippen molar-refractivity contribution in [2.45, 2.75) is 30.4 Å². The van der Waals surface area contributed by atoms with E-state index in [-0.39, 0.29) is 22.6 Å². The molecular weight excluding hydrogens is 410 g/mol. The molecule has 2 heterocycles. The average molecular weight is 436 g/mol. The van der Waals surface area contributed by atoms with Crippen LogP contribution in [0.15, 0.2) is 21.3 Å². The standard InChI is InChI=1S/C16H26ClN5O3S2/c1-2-19-16(22-9-3-4-12(11-22)10-14(18)23)20-7-8-21-27(24,25)15-6-5-13(17)26-15/h5-6,12,21H,2-4,7-11H2,1H3,(H2,18,23)(H,19,20). The Morgan fingerprint density at radius 2 is 2.26 bits per heavy atom. The Labute approximate surface area is 169 Å². The second-order valence-corrected chi connectivity index (χ2v) is 10.0. The van der Waals surface area contributed by atoms with Crippen LogP contribution in [0, 0.1) is 5.92 Å². The number of thiophene rings is 1. The maximum absolute atomic E-state index is 12.2. The normalized spacial score (nSPS) is 18.5. The minimum atomic E-state index is -3.57. The SMILES string of the molecule is CCNC(=NCCNS(=O)(=O)c1ccc(Cl)s1)N1CCCC(CC(N)=O)C1. The van der Waals surface area contributed by atoms with E-state index in [2.05, 4.69) is 19.9 Å². The summed E-state index contributed by atoms with van der Waals surface area (Å²) in [6.07, 6.45) is 2.31. The molecule has 0 aromatic carbocycles. The predicted octanol–water partition coefficient (Wildman–Crippen LogP) is 1.23. The van der Waals surface area contributed by atoms with Crippen LogP contribution >= 0.6 is 22.9 Å². The minimum absolute atomic E-state index is 0.186. The summed E-state index contributed by atoms with van der Waals surface area (Å²) in [5.74, 6) is 0.666. The van der Waals surface area contributed by atoms with E-state index in [9.17, 15) is 13.2 Å². The predicted molar refractivity (Wildman–Crippen MR) is 109 cm³/mol. The molecule has 1 aromatic rings. The van der Waals surface area contributed by atoms with E-state index in [1.807, 2.05) is 6.92 Å². The topological polar surface area (TPSA) is 117 Å². The van der Waals surface area contributed by atoms with Crippen LogP contribution in [0.4, 0.5) is 0 Å². The number of carbonyl (C=O) groups is 1. The molecule has 152 valence electrons. The highest BCUT2D eigenvalue weighted by Crippen LogP contribution is 2.25. The number of sulfonamides is 1. The molecule has 4 N–H and O–H groups in total. The summed E-state index contributed by atoms with van der Waals surface area (Å²) in [4.78, 5) is 17.8. The molecule has 27 heavy (non-hydrogen) atoms. The molecule has 1 aliphatic rings. The summed E-state index contributed by atoms with van der Waals surface area (Å²) in [5.41, 5.74) is 5.32. The van der Waals surface area contributed by atoms with Crippen LogP contribution in [-0.4, -0.2) is 57.9 Å². The van der Waals surface area contributed by atoms with Gasteiger partial charge in [0.05, 0.1) is 10.9 Å². The van der Waals surface area contributed by atoms with E-state index in [0.717, 1.165) is 36.7 Å². The van der Waals surface area contributed by atoms with Crippen molar-refractivity contribution >= 4 is 44.8 Å². The molecule has 1 aliphatic heterocycles. The molecule has 0 saturated carbocycles. The molecule has 8 nitrogen and oxygen atoms in total. The fraction of sp³-hybridized carbons (Fsp3) is 0.625. The zero-order valence-corrected chi connectivity index (χ0v) is 17.7. The number of halogens is 1. The highest BCUT2D eigenvalue weighted by atomic mass is 35.5. The lowest BCUT2D eigenvalue weighted by atomic mass is 9.95. The number of amides is 1. The number of aliphatic imine (C=N–C) groups is 1. The van der Waals surface area contributed by atoms with Crippen molar-refractivity contribution in [1.82, 2.24) is 14.9 Å². The third-order valence-corrected chi connectivity index (χ3v) is 7.31. The summed E-state index contributed by atoms with van der Waals surface area (Å²) >= 11 is 6.81. The van der Waals surface area contributed by atoms with Gasteiger partial charge >= 0.3 is 0 Å². The van der Waals surface area contributed by atoms with Crippen molar-refractivity contribution in [2.24, 2.45) is 16.6 Å². The van der Waals surface area contributed by atoms with Gasteiger partial charge in [-0.05, 0) is 37.8 Å². The molecule has 1 atom stereocenters. The van der Waals surface area contributed by atoms with Crippen LogP contribution in [0.25, 0.3) is 0 Å². The molecule has 1 saturated heterocycles. The Hall–Kier alpha value is -1.36. The van der Waals surface area contributed by atoms with Crippen molar-refractivity contribution in [3.8, 4) is 0 Å². The number of nitrogens with two attached hydrogens (primary N) is 1. The van der Waals surface area contributed by atoms with Crippen LogP contribution in [0.5, 0.6) is 0 Å². The number of nitrogens with zero attached hydrogens (tertiary/aromatic N) is 2. The molecular formula is C16H26ClN5O3S2. The quantitative estimate of drug-likeness (QED) is 0.322. The maximum Gasteiger partial charge on any atom is 0.250 e. The fourth-order valence-corrected chi connectivity index (χ4v) is 5.54. The molecule has 1 fully saturated rings. The smallest absolute Gasteiger partial charge is 0.250 e.